The molecule has 106 valence electrons. The van der Waals surface area contributed by atoms with E-state index in [2.05, 4.69) is 0 Å². The zero-order valence-electron chi connectivity index (χ0n) is 12.0. The van der Waals surface area contributed by atoms with Gasteiger partial charge in [0, 0.05) is 6.54 Å². The van der Waals surface area contributed by atoms with Gasteiger partial charge in [0.05, 0.1) is 6.10 Å². The molecule has 3 heteroatoms. The van der Waals surface area contributed by atoms with Gasteiger partial charge in [-0.2, -0.15) is 0 Å². The van der Waals surface area contributed by atoms with E-state index < -0.39 is 6.10 Å². The van der Waals surface area contributed by atoms with Crippen LogP contribution in [-0.4, -0.2) is 11.7 Å². The zero-order valence-corrected chi connectivity index (χ0v) is 12.0. The Balaban J connectivity index is 2.16. The molecule has 1 unspecified atom stereocenters. The van der Waals surface area contributed by atoms with Crippen LogP contribution in [0.25, 0.3) is 0 Å². The summed E-state index contributed by atoms with van der Waals surface area (Å²) in [5, 5.41) is 9.81. The minimum atomic E-state index is -0.615. The Morgan fingerprint density at radius 3 is 2.25 bits per heavy atom. The molecule has 0 fully saturated rings. The van der Waals surface area contributed by atoms with Gasteiger partial charge in [-0.3, -0.25) is 0 Å². The number of hydrogen-bond donors (Lipinski definition) is 2. The maximum atomic E-state index is 9.81. The average molecular weight is 271 g/mol. The molecule has 2 rings (SSSR count). The number of rotatable bonds is 5. The molecular weight excluding hydrogens is 250 g/mol. The molecule has 20 heavy (non-hydrogen) atoms. The van der Waals surface area contributed by atoms with Crippen molar-refractivity contribution in [3.8, 4) is 5.75 Å². The van der Waals surface area contributed by atoms with Gasteiger partial charge < -0.3 is 15.6 Å². The van der Waals surface area contributed by atoms with Gasteiger partial charge in [0.1, 0.15) is 12.4 Å². The number of nitrogens with two attached hydrogens (primary N) is 1. The average Bonchev–Trinajstić information content (AvgIpc) is 2.46. The Bertz CT molecular complexity index is 543. The van der Waals surface area contributed by atoms with E-state index in [1.165, 1.54) is 0 Å². The summed E-state index contributed by atoms with van der Waals surface area (Å²) < 4.78 is 5.91. The van der Waals surface area contributed by atoms with E-state index in [0.717, 1.165) is 28.0 Å². The van der Waals surface area contributed by atoms with Crippen LogP contribution in [0.1, 0.15) is 28.4 Å². The third-order valence-electron chi connectivity index (χ3n) is 3.32. The van der Waals surface area contributed by atoms with Crippen LogP contribution in [-0.2, 0) is 6.61 Å². The Hall–Kier alpha value is -1.84. The monoisotopic (exact) mass is 271 g/mol. The maximum absolute atomic E-state index is 9.81. The molecule has 0 aliphatic heterocycles. The molecule has 0 aliphatic rings. The number of benzene rings is 2. The summed E-state index contributed by atoms with van der Waals surface area (Å²) >= 11 is 0. The highest BCUT2D eigenvalue weighted by molar-refractivity contribution is 5.44. The summed E-state index contributed by atoms with van der Waals surface area (Å²) in [6.45, 7) is 4.74. The van der Waals surface area contributed by atoms with Crippen molar-refractivity contribution < 1.29 is 9.84 Å². The number of aryl methyl sites for hydroxylation is 2. The Labute approximate surface area is 120 Å². The Morgan fingerprint density at radius 1 is 1.10 bits per heavy atom. The Kier molecular flexibility index (Phi) is 4.77. The minimum absolute atomic E-state index is 0.225. The lowest BCUT2D eigenvalue weighted by molar-refractivity contribution is 0.186. The van der Waals surface area contributed by atoms with Gasteiger partial charge in [-0.05, 0) is 48.2 Å². The summed E-state index contributed by atoms with van der Waals surface area (Å²) in [5.41, 5.74) is 9.51. The summed E-state index contributed by atoms with van der Waals surface area (Å²) in [6, 6.07) is 13.9. The number of hydrogen-bond acceptors (Lipinski definition) is 3. The van der Waals surface area contributed by atoms with Crippen molar-refractivity contribution in [1.29, 1.82) is 0 Å². The van der Waals surface area contributed by atoms with E-state index in [4.69, 9.17) is 10.5 Å². The standard InChI is InChI=1S/C17H21NO2/c1-12-8-15(16(19)10-18)9-13(2)17(12)20-11-14-6-4-3-5-7-14/h3-9,16,19H,10-11,18H2,1-2H3. The minimum Gasteiger partial charge on any atom is -0.488 e. The van der Waals surface area contributed by atoms with Gasteiger partial charge in [0.2, 0.25) is 0 Å². The number of aliphatic hydroxyl groups excluding tert-OH is 1. The molecular formula is C17H21NO2. The van der Waals surface area contributed by atoms with Gasteiger partial charge in [-0.25, -0.2) is 0 Å². The second-order valence-corrected chi connectivity index (χ2v) is 5.01. The summed E-state index contributed by atoms with van der Waals surface area (Å²) in [4.78, 5) is 0. The van der Waals surface area contributed by atoms with Crippen molar-refractivity contribution in [3.63, 3.8) is 0 Å². The first-order chi connectivity index (χ1) is 9.61. The lowest BCUT2D eigenvalue weighted by Crippen LogP contribution is -2.12. The van der Waals surface area contributed by atoms with Gasteiger partial charge in [-0.15, -0.1) is 0 Å². The van der Waals surface area contributed by atoms with E-state index in [9.17, 15) is 5.11 Å². The molecule has 0 heterocycles. The van der Waals surface area contributed by atoms with Gasteiger partial charge in [0.15, 0.2) is 0 Å². The fraction of sp³-hybridized carbons (Fsp3) is 0.294. The van der Waals surface area contributed by atoms with Crippen molar-refractivity contribution in [2.75, 3.05) is 6.54 Å². The van der Waals surface area contributed by atoms with Crippen LogP contribution in [0.4, 0.5) is 0 Å². The van der Waals surface area contributed by atoms with E-state index >= 15 is 0 Å². The van der Waals surface area contributed by atoms with Gasteiger partial charge >= 0.3 is 0 Å². The lowest BCUT2D eigenvalue weighted by Gasteiger charge is -2.16. The Morgan fingerprint density at radius 2 is 1.70 bits per heavy atom. The van der Waals surface area contributed by atoms with E-state index in [0.29, 0.717) is 6.61 Å². The number of aliphatic hydroxyl groups is 1. The van der Waals surface area contributed by atoms with Crippen molar-refractivity contribution in [1.82, 2.24) is 0 Å². The highest BCUT2D eigenvalue weighted by Crippen LogP contribution is 2.28. The molecule has 0 bridgehead atoms. The first kappa shape index (κ1) is 14.6. The quantitative estimate of drug-likeness (QED) is 0.879. The van der Waals surface area contributed by atoms with Crippen molar-refractivity contribution in [3.05, 3.63) is 64.7 Å². The summed E-state index contributed by atoms with van der Waals surface area (Å²) in [6.07, 6.45) is -0.615. The molecule has 0 aliphatic carbocycles. The highest BCUT2D eigenvalue weighted by atomic mass is 16.5. The van der Waals surface area contributed by atoms with Crippen molar-refractivity contribution in [2.24, 2.45) is 5.73 Å². The molecule has 0 radical (unpaired) electrons. The third-order valence-corrected chi connectivity index (χ3v) is 3.32. The van der Waals surface area contributed by atoms with Gasteiger partial charge in [-0.1, -0.05) is 30.3 Å². The molecule has 3 N–H and O–H groups in total. The van der Waals surface area contributed by atoms with E-state index in [-0.39, 0.29) is 6.54 Å². The predicted octanol–water partition coefficient (Wildman–Crippen LogP) is 2.87. The third kappa shape index (κ3) is 3.38. The second kappa shape index (κ2) is 6.55. The summed E-state index contributed by atoms with van der Waals surface area (Å²) in [5.74, 6) is 0.877. The lowest BCUT2D eigenvalue weighted by atomic mass is 10.0. The molecule has 2 aromatic rings. The maximum Gasteiger partial charge on any atom is 0.125 e. The molecule has 0 saturated heterocycles. The predicted molar refractivity (Wildman–Crippen MR) is 80.7 cm³/mol. The molecule has 0 spiro atoms. The molecule has 0 saturated carbocycles. The van der Waals surface area contributed by atoms with Crippen LogP contribution in [0, 0.1) is 13.8 Å². The smallest absolute Gasteiger partial charge is 0.125 e. The SMILES string of the molecule is Cc1cc(C(O)CN)cc(C)c1OCc1ccccc1. The first-order valence-electron chi connectivity index (χ1n) is 6.78. The molecule has 1 atom stereocenters. The second-order valence-electron chi connectivity index (χ2n) is 5.01. The highest BCUT2D eigenvalue weighted by Gasteiger charge is 2.11. The fourth-order valence-electron chi connectivity index (χ4n) is 2.27. The molecule has 0 amide bonds. The molecule has 2 aromatic carbocycles. The normalized spacial score (nSPS) is 12.2. The van der Waals surface area contributed by atoms with Crippen LogP contribution in [0.3, 0.4) is 0 Å². The molecule has 0 aromatic heterocycles. The van der Waals surface area contributed by atoms with Crippen molar-refractivity contribution >= 4 is 0 Å². The zero-order chi connectivity index (χ0) is 14.5. The van der Waals surface area contributed by atoms with Crippen LogP contribution in [0.5, 0.6) is 5.75 Å². The van der Waals surface area contributed by atoms with Crippen LogP contribution < -0.4 is 10.5 Å². The molecule has 3 nitrogen and oxygen atoms in total. The van der Waals surface area contributed by atoms with E-state index in [1.54, 1.807) is 0 Å². The van der Waals surface area contributed by atoms with Crippen LogP contribution in [0.15, 0.2) is 42.5 Å². The van der Waals surface area contributed by atoms with E-state index in [1.807, 2.05) is 56.3 Å². The first-order valence-corrected chi connectivity index (χ1v) is 6.78. The van der Waals surface area contributed by atoms with Crippen LogP contribution in [0.2, 0.25) is 0 Å². The van der Waals surface area contributed by atoms with Crippen LogP contribution >= 0.6 is 0 Å². The fourth-order valence-corrected chi connectivity index (χ4v) is 2.27. The largest absolute Gasteiger partial charge is 0.488 e. The summed E-state index contributed by atoms with van der Waals surface area (Å²) in [7, 11) is 0. The topological polar surface area (TPSA) is 55.5 Å². The van der Waals surface area contributed by atoms with Crippen molar-refractivity contribution in [2.45, 2.75) is 26.6 Å². The number of ether oxygens (including phenoxy) is 1. The van der Waals surface area contributed by atoms with Gasteiger partial charge in [0.25, 0.3) is 0 Å².